The normalized spacial score (nSPS) is 12.7. The van der Waals surface area contributed by atoms with Crippen molar-refractivity contribution in [2.45, 2.75) is 19.4 Å². The lowest BCUT2D eigenvalue weighted by atomic mass is 10.3. The van der Waals surface area contributed by atoms with E-state index in [1.54, 1.807) is 6.92 Å². The van der Waals surface area contributed by atoms with E-state index in [2.05, 4.69) is 9.49 Å². The third-order valence-electron chi connectivity index (χ3n) is 0.999. The zero-order chi connectivity index (χ0) is 7.28. The van der Waals surface area contributed by atoms with E-state index >= 15 is 0 Å². The summed E-state index contributed by atoms with van der Waals surface area (Å²) in [6, 6.07) is 0. The molecule has 0 aliphatic rings. The maximum atomic E-state index is 10.5. The van der Waals surface area contributed by atoms with E-state index in [0.29, 0.717) is 6.42 Å². The van der Waals surface area contributed by atoms with Gasteiger partial charge in [0.05, 0.1) is 0 Å². The van der Waals surface area contributed by atoms with Crippen LogP contribution < -0.4 is 5.90 Å². The quantitative estimate of drug-likeness (QED) is 0.383. The Kier molecular flexibility index (Phi) is 4.08. The molecule has 9 heavy (non-hydrogen) atoms. The summed E-state index contributed by atoms with van der Waals surface area (Å²) in [5.41, 5.74) is 0. The van der Waals surface area contributed by atoms with Crippen molar-refractivity contribution >= 4 is 14.0 Å². The van der Waals surface area contributed by atoms with Crippen LogP contribution >= 0.6 is 0 Å². The number of hydrogen-bond acceptors (Lipinski definition) is 4. The molecule has 0 rings (SSSR count). The lowest BCUT2D eigenvalue weighted by Gasteiger charge is -2.08. The van der Waals surface area contributed by atoms with Crippen molar-refractivity contribution in [2.24, 2.45) is 5.90 Å². The highest BCUT2D eigenvalue weighted by Gasteiger charge is 2.14. The van der Waals surface area contributed by atoms with Crippen LogP contribution in [0.4, 0.5) is 0 Å². The van der Waals surface area contributed by atoms with Gasteiger partial charge in [0.25, 0.3) is 0 Å². The van der Waals surface area contributed by atoms with Crippen molar-refractivity contribution < 1.29 is 14.3 Å². The first-order valence-electron chi connectivity index (χ1n) is 2.69. The van der Waals surface area contributed by atoms with Crippen LogP contribution in [0.15, 0.2) is 0 Å². The molecule has 52 valence electrons. The average molecular weight is 131 g/mol. The number of carbonyl (C=O) groups is 1. The van der Waals surface area contributed by atoms with Crippen LogP contribution in [0.5, 0.6) is 0 Å². The molecule has 0 saturated carbocycles. The van der Waals surface area contributed by atoms with Gasteiger partial charge in [0.1, 0.15) is 0 Å². The van der Waals surface area contributed by atoms with E-state index < -0.39 is 12.1 Å². The van der Waals surface area contributed by atoms with Crippen LogP contribution in [0.1, 0.15) is 13.3 Å². The van der Waals surface area contributed by atoms with Crippen LogP contribution in [0.3, 0.4) is 0 Å². The Morgan fingerprint density at radius 1 is 1.89 bits per heavy atom. The Morgan fingerprint density at radius 3 is 2.56 bits per heavy atom. The van der Waals surface area contributed by atoms with Crippen LogP contribution in [0.2, 0.25) is 0 Å². The summed E-state index contributed by atoms with van der Waals surface area (Å²) in [6.45, 7) is 1.79. The Morgan fingerprint density at radius 2 is 2.44 bits per heavy atom. The summed E-state index contributed by atoms with van der Waals surface area (Å²) >= 11 is 0. The van der Waals surface area contributed by atoms with Crippen molar-refractivity contribution in [2.75, 3.05) is 0 Å². The van der Waals surface area contributed by atoms with Gasteiger partial charge >= 0.3 is 14.0 Å². The molecule has 0 aromatic rings. The van der Waals surface area contributed by atoms with Crippen LogP contribution in [-0.2, 0) is 14.3 Å². The minimum absolute atomic E-state index is 0.431. The van der Waals surface area contributed by atoms with Gasteiger partial charge in [0, 0.05) is 0 Å². The summed E-state index contributed by atoms with van der Waals surface area (Å²) in [5.74, 6) is 4.33. The fourth-order valence-electron chi connectivity index (χ4n) is 0.450. The van der Waals surface area contributed by atoms with Crippen LogP contribution in [0.25, 0.3) is 0 Å². The highest BCUT2D eigenvalue weighted by Crippen LogP contribution is 1.95. The smallest absolute Gasteiger partial charge is 0.326 e. The Hall–Kier alpha value is -0.545. The molecule has 0 unspecified atom stereocenters. The molecule has 1 atom stereocenters. The van der Waals surface area contributed by atoms with Gasteiger partial charge in [0.2, 0.25) is 0 Å². The maximum Gasteiger partial charge on any atom is 0.326 e. The minimum Gasteiger partial charge on any atom is -0.541 e. The average Bonchev–Trinajstić information content (AvgIpc) is 1.90. The zero-order valence-corrected chi connectivity index (χ0v) is 5.59. The maximum absolute atomic E-state index is 10.5. The first kappa shape index (κ1) is 8.45. The predicted octanol–water partition coefficient (Wildman–Crippen LogP) is -1.25. The highest BCUT2D eigenvalue weighted by molar-refractivity contribution is 6.06. The zero-order valence-electron chi connectivity index (χ0n) is 5.59. The fraction of sp³-hybridized carbons (Fsp3) is 0.750. The molecule has 0 fully saturated rings. The third kappa shape index (κ3) is 2.48. The van der Waals surface area contributed by atoms with Gasteiger partial charge in [0.15, 0.2) is 6.10 Å². The van der Waals surface area contributed by atoms with Crippen molar-refractivity contribution in [1.82, 2.24) is 0 Å². The molecule has 0 aromatic carbocycles. The fourth-order valence-corrected chi connectivity index (χ4v) is 0.450. The highest BCUT2D eigenvalue weighted by atomic mass is 16.6. The molecule has 0 saturated heterocycles. The second kappa shape index (κ2) is 4.35. The van der Waals surface area contributed by atoms with Gasteiger partial charge in [-0.2, -0.15) is 0 Å². The summed E-state index contributed by atoms with van der Waals surface area (Å²) in [5, 5.41) is 0. The summed E-state index contributed by atoms with van der Waals surface area (Å²) < 4.78 is 4.35. The summed E-state index contributed by atoms with van der Waals surface area (Å²) in [4.78, 5) is 14.8. The van der Waals surface area contributed by atoms with Gasteiger partial charge in [-0.1, -0.05) is 6.92 Å². The molecule has 5 heteroatoms. The molecular weight excluding hydrogens is 121 g/mol. The number of hydrogen-bond donors (Lipinski definition) is 1. The molecule has 0 spiro atoms. The van der Waals surface area contributed by atoms with E-state index in [0.717, 1.165) is 0 Å². The molecule has 0 aliphatic heterocycles. The van der Waals surface area contributed by atoms with Gasteiger partial charge in [-0.15, -0.1) is 0 Å². The first-order chi connectivity index (χ1) is 4.26. The predicted molar refractivity (Wildman–Crippen MR) is 34.0 cm³/mol. The lowest BCUT2D eigenvalue weighted by molar-refractivity contribution is -0.147. The van der Waals surface area contributed by atoms with Crippen molar-refractivity contribution in [3.05, 3.63) is 0 Å². The molecule has 0 heterocycles. The van der Waals surface area contributed by atoms with Gasteiger partial charge in [-0.3, -0.25) is 9.63 Å². The van der Waals surface area contributed by atoms with E-state index in [-0.39, 0.29) is 0 Å². The Bertz CT molecular complexity index is 93.8. The first-order valence-corrected chi connectivity index (χ1v) is 2.69. The van der Waals surface area contributed by atoms with Gasteiger partial charge in [-0.25, -0.2) is 5.90 Å². The number of nitrogens with two attached hydrogens (primary N) is 1. The molecule has 2 N–H and O–H groups in total. The molecule has 0 aliphatic carbocycles. The second-order valence-corrected chi connectivity index (χ2v) is 1.56. The summed E-state index contributed by atoms with van der Waals surface area (Å²) in [7, 11) is 1.30. The van der Waals surface area contributed by atoms with Crippen LogP contribution in [0, 0.1) is 0 Å². The monoisotopic (exact) mass is 131 g/mol. The van der Waals surface area contributed by atoms with Gasteiger partial charge < -0.3 is 4.65 Å². The number of carbonyl (C=O) groups excluding carboxylic acids is 1. The van der Waals surface area contributed by atoms with Crippen molar-refractivity contribution in [1.29, 1.82) is 0 Å². The van der Waals surface area contributed by atoms with E-state index in [1.165, 1.54) is 8.05 Å². The van der Waals surface area contributed by atoms with Crippen molar-refractivity contribution in [3.8, 4) is 0 Å². The molecule has 0 amide bonds. The molecular formula is C4H10BNO3. The summed E-state index contributed by atoms with van der Waals surface area (Å²) in [6.07, 6.45) is -0.0848. The molecule has 0 bridgehead atoms. The van der Waals surface area contributed by atoms with E-state index in [9.17, 15) is 4.79 Å². The largest absolute Gasteiger partial charge is 0.541 e. The standard InChI is InChI=1S/C4H10BNO3/c1-2-3(9-6)4(7)8-5/h3H,2,5-6H2,1H3/t3-/m0/s1. The Labute approximate surface area is 54.7 Å². The minimum atomic E-state index is -0.616. The molecule has 0 radical (unpaired) electrons. The van der Waals surface area contributed by atoms with Crippen LogP contribution in [-0.4, -0.2) is 20.1 Å². The number of rotatable bonds is 3. The second-order valence-electron chi connectivity index (χ2n) is 1.56. The van der Waals surface area contributed by atoms with E-state index in [4.69, 9.17) is 5.90 Å². The topological polar surface area (TPSA) is 61.5 Å². The lowest BCUT2D eigenvalue weighted by Crippen LogP contribution is -2.27. The van der Waals surface area contributed by atoms with Crippen molar-refractivity contribution in [3.63, 3.8) is 0 Å². The third-order valence-corrected chi connectivity index (χ3v) is 0.999. The van der Waals surface area contributed by atoms with E-state index in [1.807, 2.05) is 0 Å². The molecule has 0 aromatic heterocycles. The molecule has 4 nitrogen and oxygen atoms in total. The SMILES string of the molecule is BOC(=O)[C@H](CC)ON. The van der Waals surface area contributed by atoms with Gasteiger partial charge in [-0.05, 0) is 6.42 Å². The Balaban J connectivity index is 3.64.